The van der Waals surface area contributed by atoms with Crippen LogP contribution in [0.15, 0.2) is 0 Å². The van der Waals surface area contributed by atoms with E-state index in [9.17, 15) is 9.59 Å². The fraction of sp³-hybridized carbons (Fsp3) is 0.800. The molecule has 0 aromatic rings. The van der Waals surface area contributed by atoms with Crippen LogP contribution in [0.4, 0.5) is 0 Å². The third-order valence-electron chi connectivity index (χ3n) is 1.93. The number of carbonyl (C=O) groups excluding carboxylic acids is 1. The Hall–Kier alpha value is -0.790. The zero-order valence-electron chi connectivity index (χ0n) is 10.2. The number of carboxylic acids is 1. The molecule has 0 spiro atoms. The summed E-state index contributed by atoms with van der Waals surface area (Å²) in [6.45, 7) is 1.90. The van der Waals surface area contributed by atoms with Crippen LogP contribution in [-0.4, -0.2) is 73.9 Å². The van der Waals surface area contributed by atoms with Gasteiger partial charge in [-0.15, -0.1) is 11.8 Å². The van der Waals surface area contributed by atoms with E-state index in [0.717, 1.165) is 11.8 Å². The molecule has 17 heavy (non-hydrogen) atoms. The largest absolute Gasteiger partial charge is 0.481 e. The van der Waals surface area contributed by atoms with Crippen LogP contribution >= 0.6 is 11.8 Å². The Morgan fingerprint density at radius 2 is 1.65 bits per heavy atom. The fourth-order valence-corrected chi connectivity index (χ4v) is 1.71. The number of ether oxygens (including phenoxy) is 2. The highest BCUT2D eigenvalue weighted by Crippen LogP contribution is 2.02. The molecule has 0 saturated heterocycles. The van der Waals surface area contributed by atoms with Crippen molar-refractivity contribution in [2.24, 2.45) is 0 Å². The minimum Gasteiger partial charge on any atom is -0.481 e. The summed E-state index contributed by atoms with van der Waals surface area (Å²) in [6, 6.07) is 0. The molecular weight excluding hydrogens is 246 g/mol. The number of hydrogen-bond donors (Lipinski definition) is 1. The van der Waals surface area contributed by atoms with Crippen molar-refractivity contribution < 1.29 is 24.2 Å². The summed E-state index contributed by atoms with van der Waals surface area (Å²) in [4.78, 5) is 23.7. The first-order valence-corrected chi connectivity index (χ1v) is 6.32. The SMILES string of the molecule is COCCN(CCOC)C(=O)CSCC(=O)O. The highest BCUT2D eigenvalue weighted by Gasteiger charge is 2.13. The summed E-state index contributed by atoms with van der Waals surface area (Å²) in [5, 5.41) is 8.46. The van der Waals surface area contributed by atoms with Crippen molar-refractivity contribution >= 4 is 23.6 Å². The lowest BCUT2D eigenvalue weighted by Crippen LogP contribution is -2.37. The highest BCUT2D eigenvalue weighted by atomic mass is 32.2. The minimum absolute atomic E-state index is 0.0614. The van der Waals surface area contributed by atoms with Crippen LogP contribution in [0.3, 0.4) is 0 Å². The first kappa shape index (κ1) is 16.2. The van der Waals surface area contributed by atoms with Crippen molar-refractivity contribution in [2.75, 3.05) is 52.0 Å². The fourth-order valence-electron chi connectivity index (χ4n) is 1.08. The summed E-state index contributed by atoms with van der Waals surface area (Å²) < 4.78 is 9.82. The lowest BCUT2D eigenvalue weighted by Gasteiger charge is -2.21. The van der Waals surface area contributed by atoms with Crippen molar-refractivity contribution in [3.05, 3.63) is 0 Å². The molecule has 0 aliphatic carbocycles. The molecule has 0 aromatic heterocycles. The number of thioether (sulfide) groups is 1. The summed E-state index contributed by atoms with van der Waals surface area (Å²) >= 11 is 1.09. The van der Waals surface area contributed by atoms with E-state index in [1.54, 1.807) is 19.1 Å². The molecule has 0 aromatic carbocycles. The Morgan fingerprint density at radius 3 is 2.06 bits per heavy atom. The smallest absolute Gasteiger partial charge is 0.313 e. The van der Waals surface area contributed by atoms with Gasteiger partial charge in [0.1, 0.15) is 0 Å². The van der Waals surface area contributed by atoms with Gasteiger partial charge in [0, 0.05) is 27.3 Å². The molecule has 0 aliphatic rings. The predicted molar refractivity (Wildman–Crippen MR) is 65.3 cm³/mol. The van der Waals surface area contributed by atoms with Gasteiger partial charge < -0.3 is 19.5 Å². The van der Waals surface area contributed by atoms with Crippen molar-refractivity contribution in [2.45, 2.75) is 0 Å². The van der Waals surface area contributed by atoms with Crippen LogP contribution in [0.2, 0.25) is 0 Å². The molecule has 0 heterocycles. The number of carbonyl (C=O) groups is 2. The molecule has 100 valence electrons. The lowest BCUT2D eigenvalue weighted by atomic mass is 10.4. The molecule has 7 heteroatoms. The van der Waals surface area contributed by atoms with Gasteiger partial charge >= 0.3 is 5.97 Å². The second kappa shape index (κ2) is 10.4. The van der Waals surface area contributed by atoms with E-state index >= 15 is 0 Å². The number of methoxy groups -OCH3 is 2. The van der Waals surface area contributed by atoms with Gasteiger partial charge in [-0.25, -0.2) is 0 Å². The Balaban J connectivity index is 3.97. The third-order valence-corrected chi connectivity index (χ3v) is 2.84. The molecule has 0 saturated carbocycles. The first-order chi connectivity index (χ1) is 8.11. The second-order valence-electron chi connectivity index (χ2n) is 3.25. The van der Waals surface area contributed by atoms with E-state index < -0.39 is 5.97 Å². The summed E-state index contributed by atoms with van der Waals surface area (Å²) in [7, 11) is 3.14. The van der Waals surface area contributed by atoms with Gasteiger partial charge in [-0.3, -0.25) is 9.59 Å². The van der Waals surface area contributed by atoms with Crippen LogP contribution < -0.4 is 0 Å². The van der Waals surface area contributed by atoms with Gasteiger partial charge in [0.25, 0.3) is 0 Å². The quantitative estimate of drug-likeness (QED) is 0.595. The monoisotopic (exact) mass is 265 g/mol. The van der Waals surface area contributed by atoms with Gasteiger partial charge in [0.05, 0.1) is 24.7 Å². The minimum atomic E-state index is -0.914. The molecule has 0 aliphatic heterocycles. The van der Waals surface area contributed by atoms with Crippen LogP contribution in [-0.2, 0) is 19.1 Å². The molecular formula is C10H19NO5S. The number of nitrogens with zero attached hydrogens (tertiary/aromatic N) is 1. The molecule has 0 rings (SSSR count). The van der Waals surface area contributed by atoms with Gasteiger partial charge in [0.2, 0.25) is 5.91 Å². The Bertz CT molecular complexity index is 229. The Morgan fingerprint density at radius 1 is 1.12 bits per heavy atom. The molecule has 0 fully saturated rings. The van der Waals surface area contributed by atoms with Crippen LogP contribution in [0.25, 0.3) is 0 Å². The number of hydrogen-bond acceptors (Lipinski definition) is 5. The van der Waals surface area contributed by atoms with E-state index in [1.807, 2.05) is 0 Å². The van der Waals surface area contributed by atoms with E-state index in [0.29, 0.717) is 26.3 Å². The van der Waals surface area contributed by atoms with E-state index in [1.165, 1.54) is 0 Å². The lowest BCUT2D eigenvalue weighted by molar-refractivity contribution is -0.133. The zero-order chi connectivity index (χ0) is 13.1. The number of aliphatic carboxylic acids is 1. The van der Waals surface area contributed by atoms with Crippen LogP contribution in [0, 0.1) is 0 Å². The molecule has 1 amide bonds. The molecule has 0 radical (unpaired) electrons. The summed E-state index contributed by atoms with van der Waals surface area (Å²) in [5.41, 5.74) is 0. The Kier molecular flexibility index (Phi) is 9.89. The van der Waals surface area contributed by atoms with Gasteiger partial charge in [-0.2, -0.15) is 0 Å². The summed E-state index contributed by atoms with van der Waals surface area (Å²) in [5.74, 6) is -0.901. The van der Waals surface area contributed by atoms with Gasteiger partial charge in [0.15, 0.2) is 0 Å². The van der Waals surface area contributed by atoms with E-state index in [2.05, 4.69) is 0 Å². The molecule has 0 atom stereocenters. The predicted octanol–water partition coefficient (Wildman–Crippen LogP) is -0.0744. The summed E-state index contributed by atoms with van der Waals surface area (Å²) in [6.07, 6.45) is 0. The number of rotatable bonds is 10. The van der Waals surface area contributed by atoms with E-state index in [-0.39, 0.29) is 17.4 Å². The maximum atomic E-state index is 11.7. The molecule has 0 unspecified atom stereocenters. The average Bonchev–Trinajstić information content (AvgIpc) is 2.28. The second-order valence-corrected chi connectivity index (χ2v) is 4.24. The third kappa shape index (κ3) is 8.96. The average molecular weight is 265 g/mol. The molecule has 1 N–H and O–H groups in total. The highest BCUT2D eigenvalue weighted by molar-refractivity contribution is 8.00. The first-order valence-electron chi connectivity index (χ1n) is 5.17. The van der Waals surface area contributed by atoms with Crippen molar-refractivity contribution in [1.29, 1.82) is 0 Å². The normalized spacial score (nSPS) is 10.2. The van der Waals surface area contributed by atoms with Crippen molar-refractivity contribution in [1.82, 2.24) is 4.90 Å². The van der Waals surface area contributed by atoms with Gasteiger partial charge in [-0.1, -0.05) is 0 Å². The van der Waals surface area contributed by atoms with Crippen molar-refractivity contribution in [3.63, 3.8) is 0 Å². The van der Waals surface area contributed by atoms with E-state index in [4.69, 9.17) is 14.6 Å². The van der Waals surface area contributed by atoms with Crippen molar-refractivity contribution in [3.8, 4) is 0 Å². The number of carboxylic acid groups (broad SMARTS) is 1. The van der Waals surface area contributed by atoms with Crippen LogP contribution in [0.1, 0.15) is 0 Å². The topological polar surface area (TPSA) is 76.1 Å². The van der Waals surface area contributed by atoms with Crippen LogP contribution in [0.5, 0.6) is 0 Å². The maximum absolute atomic E-state index is 11.7. The number of amides is 1. The van der Waals surface area contributed by atoms with Gasteiger partial charge in [-0.05, 0) is 0 Å². The zero-order valence-corrected chi connectivity index (χ0v) is 11.0. The molecule has 0 bridgehead atoms. The maximum Gasteiger partial charge on any atom is 0.313 e. The molecule has 6 nitrogen and oxygen atoms in total. The standard InChI is InChI=1S/C10H19NO5S/c1-15-5-3-11(4-6-16-2)9(12)7-17-8-10(13)14/h3-8H2,1-2H3,(H,13,14). The Labute approximate surface area is 105 Å².